The quantitative estimate of drug-likeness (QED) is 0.703. The van der Waals surface area contributed by atoms with Crippen molar-refractivity contribution >= 4 is 30.4 Å². The molecule has 29 heavy (non-hydrogen) atoms. The van der Waals surface area contributed by atoms with Gasteiger partial charge in [0.15, 0.2) is 0 Å². The maximum Gasteiger partial charge on any atom is 0.124 e. The van der Waals surface area contributed by atoms with Crippen molar-refractivity contribution in [2.75, 3.05) is 38.1 Å². The summed E-state index contributed by atoms with van der Waals surface area (Å²) in [6.45, 7) is 3.85. The molecule has 3 heterocycles. The summed E-state index contributed by atoms with van der Waals surface area (Å²) in [6, 6.07) is 18.5. The molecule has 6 heteroatoms. The minimum atomic E-state index is 0. The van der Waals surface area contributed by atoms with Crippen molar-refractivity contribution in [3.63, 3.8) is 0 Å². The number of hydrogen-bond donors (Lipinski definition) is 1. The van der Waals surface area contributed by atoms with E-state index in [0.29, 0.717) is 5.56 Å². The molecule has 0 radical (unpaired) electrons. The van der Waals surface area contributed by atoms with Crippen LogP contribution in [0.15, 0.2) is 54.7 Å². The second-order valence-corrected chi connectivity index (χ2v) is 7.06. The van der Waals surface area contributed by atoms with E-state index >= 15 is 0 Å². The van der Waals surface area contributed by atoms with Crippen molar-refractivity contribution < 1.29 is 0 Å². The average Bonchev–Trinajstić information content (AvgIpc) is 3.18. The number of halogens is 1. The normalized spacial score (nSPS) is 14.6. The van der Waals surface area contributed by atoms with Gasteiger partial charge in [-0.15, -0.1) is 12.4 Å². The van der Waals surface area contributed by atoms with Gasteiger partial charge in [0.1, 0.15) is 11.9 Å². The van der Waals surface area contributed by atoms with Crippen molar-refractivity contribution in [2.45, 2.75) is 0 Å². The van der Waals surface area contributed by atoms with E-state index in [1.807, 2.05) is 48.7 Å². The molecule has 148 valence electrons. The number of likely N-dealkylation sites (N-methyl/N-ethyl adjacent to an activating group) is 1. The Morgan fingerprint density at radius 1 is 1.03 bits per heavy atom. The molecule has 3 aromatic rings. The summed E-state index contributed by atoms with van der Waals surface area (Å²) >= 11 is 0. The minimum absolute atomic E-state index is 0. The predicted octanol–water partition coefficient (Wildman–Crippen LogP) is 4.29. The third-order valence-corrected chi connectivity index (χ3v) is 5.08. The van der Waals surface area contributed by atoms with Gasteiger partial charge < -0.3 is 14.8 Å². The van der Waals surface area contributed by atoms with Crippen molar-refractivity contribution in [1.29, 1.82) is 5.26 Å². The fourth-order valence-corrected chi connectivity index (χ4v) is 3.42. The smallest absolute Gasteiger partial charge is 0.124 e. The van der Waals surface area contributed by atoms with Gasteiger partial charge in [-0.2, -0.15) is 5.26 Å². The highest BCUT2D eigenvalue weighted by atomic mass is 35.5. The summed E-state index contributed by atoms with van der Waals surface area (Å²) in [5, 5.41) is 9.60. The van der Waals surface area contributed by atoms with Crippen LogP contribution in [0.5, 0.6) is 0 Å². The Morgan fingerprint density at radius 3 is 2.52 bits per heavy atom. The van der Waals surface area contributed by atoms with Crippen molar-refractivity contribution in [3.8, 4) is 17.3 Å². The van der Waals surface area contributed by atoms with Crippen LogP contribution in [0.1, 0.15) is 16.8 Å². The van der Waals surface area contributed by atoms with Crippen LogP contribution in [0.4, 0.5) is 5.82 Å². The number of nitriles is 1. The number of anilines is 1. The predicted molar refractivity (Wildman–Crippen MR) is 121 cm³/mol. The molecule has 1 aliphatic heterocycles. The number of nitrogens with one attached hydrogen (secondary N) is 1. The molecule has 0 aliphatic carbocycles. The van der Waals surface area contributed by atoms with Crippen LogP contribution >= 0.6 is 12.4 Å². The Balaban J connectivity index is 0.00000240. The van der Waals surface area contributed by atoms with Gasteiger partial charge in [0.05, 0.1) is 11.3 Å². The lowest BCUT2D eigenvalue weighted by Gasteiger charge is -2.33. The standard InChI is InChI=1S/C23H23N5.ClH/c1-27-11-13-28(14-12-27)23-20(17-24)16-22(26-23)19-9-10-25-21(15-19)8-7-18-5-3-2-4-6-18;/h2-10,15-16,26H,11-14H2,1H3;1H. The molecule has 1 fully saturated rings. The van der Waals surface area contributed by atoms with Crippen LogP contribution in [0, 0.1) is 11.3 Å². The highest BCUT2D eigenvalue weighted by Crippen LogP contribution is 2.28. The molecule has 1 aliphatic rings. The molecular formula is C23H24ClN5. The number of nitrogens with zero attached hydrogens (tertiary/aromatic N) is 4. The van der Waals surface area contributed by atoms with E-state index in [2.05, 4.69) is 51.1 Å². The van der Waals surface area contributed by atoms with Gasteiger partial charge in [-0.1, -0.05) is 36.4 Å². The maximum absolute atomic E-state index is 9.60. The summed E-state index contributed by atoms with van der Waals surface area (Å²) < 4.78 is 0. The first-order chi connectivity index (χ1) is 13.7. The zero-order valence-electron chi connectivity index (χ0n) is 16.4. The van der Waals surface area contributed by atoms with Gasteiger partial charge in [0.25, 0.3) is 0 Å². The van der Waals surface area contributed by atoms with E-state index in [4.69, 9.17) is 0 Å². The lowest BCUT2D eigenvalue weighted by molar-refractivity contribution is 0.312. The Morgan fingerprint density at radius 2 is 1.79 bits per heavy atom. The van der Waals surface area contributed by atoms with Crippen LogP contribution in [-0.2, 0) is 0 Å². The van der Waals surface area contributed by atoms with Crippen LogP contribution < -0.4 is 4.90 Å². The largest absolute Gasteiger partial charge is 0.355 e. The summed E-state index contributed by atoms with van der Waals surface area (Å²) in [5.74, 6) is 0.920. The first kappa shape index (κ1) is 20.7. The number of piperazine rings is 1. The molecule has 2 aromatic heterocycles. The third-order valence-electron chi connectivity index (χ3n) is 5.08. The maximum atomic E-state index is 9.60. The number of H-pyrrole nitrogens is 1. The van der Waals surface area contributed by atoms with E-state index < -0.39 is 0 Å². The molecule has 0 unspecified atom stereocenters. The third kappa shape index (κ3) is 4.86. The number of rotatable bonds is 4. The number of aromatic amines is 1. The average molecular weight is 406 g/mol. The van der Waals surface area contributed by atoms with Gasteiger partial charge in [-0.25, -0.2) is 0 Å². The van der Waals surface area contributed by atoms with E-state index in [9.17, 15) is 5.26 Å². The minimum Gasteiger partial charge on any atom is -0.355 e. The van der Waals surface area contributed by atoms with Crippen LogP contribution in [0.2, 0.25) is 0 Å². The molecule has 0 bridgehead atoms. The second-order valence-electron chi connectivity index (χ2n) is 7.06. The second kappa shape index (κ2) is 9.42. The zero-order valence-corrected chi connectivity index (χ0v) is 17.2. The molecule has 1 N–H and O–H groups in total. The molecular weight excluding hydrogens is 382 g/mol. The van der Waals surface area contributed by atoms with Gasteiger partial charge in [0.2, 0.25) is 0 Å². The monoisotopic (exact) mass is 405 g/mol. The van der Waals surface area contributed by atoms with Gasteiger partial charge in [-0.05, 0) is 36.9 Å². The van der Waals surface area contributed by atoms with Gasteiger partial charge >= 0.3 is 0 Å². The first-order valence-electron chi connectivity index (χ1n) is 9.49. The first-order valence-corrected chi connectivity index (χ1v) is 9.49. The van der Waals surface area contributed by atoms with Gasteiger partial charge in [0, 0.05) is 43.6 Å². The molecule has 0 atom stereocenters. The summed E-state index contributed by atoms with van der Waals surface area (Å²) in [7, 11) is 2.13. The van der Waals surface area contributed by atoms with Crippen LogP contribution in [-0.4, -0.2) is 48.1 Å². The SMILES string of the molecule is CN1CCN(c2[nH]c(-c3ccnc(C=Cc4ccccc4)c3)cc2C#N)CC1.Cl. The van der Waals surface area contributed by atoms with E-state index in [-0.39, 0.29) is 12.4 Å². The van der Waals surface area contributed by atoms with Gasteiger partial charge in [-0.3, -0.25) is 4.98 Å². The lowest BCUT2D eigenvalue weighted by atomic mass is 10.1. The molecule has 0 amide bonds. The van der Waals surface area contributed by atoms with E-state index in [1.165, 1.54) is 0 Å². The summed E-state index contributed by atoms with van der Waals surface area (Å²) in [4.78, 5) is 12.5. The van der Waals surface area contributed by atoms with E-state index in [0.717, 1.165) is 54.5 Å². The molecule has 1 aromatic carbocycles. The summed E-state index contributed by atoms with van der Waals surface area (Å²) in [6.07, 6.45) is 5.87. The topological polar surface area (TPSA) is 58.9 Å². The van der Waals surface area contributed by atoms with Crippen molar-refractivity contribution in [2.24, 2.45) is 0 Å². The Kier molecular flexibility index (Phi) is 6.71. The highest BCUT2D eigenvalue weighted by molar-refractivity contribution is 5.85. The molecule has 0 spiro atoms. The summed E-state index contributed by atoms with van der Waals surface area (Å²) in [5.41, 5.74) is 4.69. The number of benzene rings is 1. The van der Waals surface area contributed by atoms with Crippen molar-refractivity contribution in [1.82, 2.24) is 14.9 Å². The van der Waals surface area contributed by atoms with Crippen LogP contribution in [0.25, 0.3) is 23.4 Å². The Labute approximate surface area is 177 Å². The highest BCUT2D eigenvalue weighted by Gasteiger charge is 2.20. The van der Waals surface area contributed by atoms with Crippen molar-refractivity contribution in [3.05, 3.63) is 71.5 Å². The number of pyridine rings is 1. The fourth-order valence-electron chi connectivity index (χ4n) is 3.42. The Bertz CT molecular complexity index is 1010. The molecule has 0 saturated carbocycles. The van der Waals surface area contributed by atoms with Crippen LogP contribution in [0.3, 0.4) is 0 Å². The van der Waals surface area contributed by atoms with E-state index in [1.54, 1.807) is 0 Å². The molecule has 4 rings (SSSR count). The molecule has 5 nitrogen and oxygen atoms in total. The Hall–Kier alpha value is -3.07. The zero-order chi connectivity index (χ0) is 19.3. The number of hydrogen-bond acceptors (Lipinski definition) is 4. The fraction of sp³-hybridized carbons (Fsp3) is 0.217. The number of aromatic nitrogens is 2. The molecule has 1 saturated heterocycles. The lowest BCUT2D eigenvalue weighted by Crippen LogP contribution is -2.44.